The first kappa shape index (κ1) is 24.7. The van der Waals surface area contributed by atoms with Gasteiger partial charge in [-0.25, -0.2) is 4.90 Å². The summed E-state index contributed by atoms with van der Waals surface area (Å²) in [5, 5.41) is 9.66. The number of anilines is 1. The minimum atomic E-state index is -10.7. The van der Waals surface area contributed by atoms with Crippen LogP contribution in [0.3, 0.4) is 0 Å². The Bertz CT molecular complexity index is 697. The van der Waals surface area contributed by atoms with Crippen molar-refractivity contribution in [2.45, 2.75) is 47.1 Å². The number of hydrogen-bond donors (Lipinski definition) is 1. The Balaban J connectivity index is 0.000000480. The van der Waals surface area contributed by atoms with Crippen LogP contribution in [-0.4, -0.2) is 41.8 Å². The number of aryl methyl sites for hydroxylation is 3. The van der Waals surface area contributed by atoms with Gasteiger partial charge in [-0.15, -0.1) is 0 Å². The molecule has 0 aromatic heterocycles. The maximum absolute atomic E-state index is 10.7. The number of aliphatic hydroxyl groups excluding tert-OH is 1. The van der Waals surface area contributed by atoms with E-state index in [1.807, 2.05) is 0 Å². The molecule has 3 nitrogen and oxygen atoms in total. The Morgan fingerprint density at radius 1 is 1.04 bits per heavy atom. The number of hydrogen-bond acceptors (Lipinski definition) is 2. The number of aliphatic hydroxyl groups is 1. The van der Waals surface area contributed by atoms with E-state index in [2.05, 4.69) is 62.6 Å². The van der Waals surface area contributed by atoms with Crippen molar-refractivity contribution in [3.8, 4) is 0 Å². The third-order valence-electron chi connectivity index (χ3n) is 4.23. The fourth-order valence-corrected chi connectivity index (χ4v) is 3.45. The number of rotatable bonds is 5. The van der Waals surface area contributed by atoms with Crippen LogP contribution in [0, 0.1) is 26.7 Å². The van der Waals surface area contributed by atoms with Crippen LogP contribution in [-0.2, 0) is 0 Å². The van der Waals surface area contributed by atoms with E-state index in [4.69, 9.17) is 0 Å². The third kappa shape index (κ3) is 9.73. The average Bonchev–Trinajstić information content (AvgIpc) is 2.89. The van der Waals surface area contributed by atoms with Gasteiger partial charge in [0.2, 0.25) is 6.34 Å². The zero-order chi connectivity index (χ0) is 22.0. The van der Waals surface area contributed by atoms with E-state index in [9.17, 15) is 30.3 Å². The molecule has 0 saturated carbocycles. The van der Waals surface area contributed by atoms with Gasteiger partial charge in [0.15, 0.2) is 0 Å². The van der Waals surface area contributed by atoms with Crippen LogP contribution in [0.4, 0.5) is 30.9 Å². The molecular formula is C18H29F6N2OP. The summed E-state index contributed by atoms with van der Waals surface area (Å²) in [7, 11) is -10.7. The molecular weight excluding hydrogens is 405 g/mol. The zero-order valence-corrected chi connectivity index (χ0v) is 17.7. The molecule has 1 atom stereocenters. The fraction of sp³-hybridized carbons (Fsp3) is 0.611. The van der Waals surface area contributed by atoms with Gasteiger partial charge in [-0.3, -0.25) is 4.58 Å². The fourth-order valence-electron chi connectivity index (χ4n) is 3.45. The van der Waals surface area contributed by atoms with Crippen molar-refractivity contribution in [3.05, 3.63) is 28.8 Å². The Morgan fingerprint density at radius 2 is 1.50 bits per heavy atom. The van der Waals surface area contributed by atoms with Crippen molar-refractivity contribution in [2.24, 2.45) is 5.92 Å². The molecule has 0 bridgehead atoms. The van der Waals surface area contributed by atoms with Gasteiger partial charge in [0.05, 0.1) is 6.61 Å². The molecule has 0 aliphatic carbocycles. The number of nitrogens with zero attached hydrogens (tertiary/aromatic N) is 2. The van der Waals surface area contributed by atoms with Crippen LogP contribution in [0.2, 0.25) is 0 Å². The van der Waals surface area contributed by atoms with Crippen molar-refractivity contribution in [3.63, 3.8) is 0 Å². The summed E-state index contributed by atoms with van der Waals surface area (Å²) in [5.74, 6) is 0.604. The second-order valence-electron chi connectivity index (χ2n) is 7.72. The third-order valence-corrected chi connectivity index (χ3v) is 4.23. The molecule has 10 heteroatoms. The quantitative estimate of drug-likeness (QED) is 0.336. The molecule has 1 aliphatic rings. The standard InChI is InChI=1S/C18H29N2O.F6P/c1-13(2)8-17(11-21)19-6-7-20(12-19)18-15(4)9-14(3)10-16(18)5;1-7(2,3,4,5)6/h9-10,12-13,17,21H,6-8,11H2,1-5H3;/q+1;-1/t17-;/m1./s1. The monoisotopic (exact) mass is 434 g/mol. The molecule has 1 aromatic carbocycles. The van der Waals surface area contributed by atoms with Gasteiger partial charge >= 0.3 is 33.0 Å². The summed E-state index contributed by atoms with van der Waals surface area (Å²) in [4.78, 5) is 2.34. The number of halogens is 6. The molecule has 0 saturated heterocycles. The normalized spacial score (nSPS) is 18.2. The first-order chi connectivity index (χ1) is 12.4. The Morgan fingerprint density at radius 3 is 1.89 bits per heavy atom. The van der Waals surface area contributed by atoms with E-state index in [-0.39, 0.29) is 12.6 Å². The minimum absolute atomic E-state index is 0.231. The summed E-state index contributed by atoms with van der Waals surface area (Å²) >= 11 is 0. The SMILES string of the molecule is Cc1cc(C)c(N2C=[N+]([C@@H](CO)CC(C)C)CC2)c(C)c1.F[P-](F)(F)(F)(F)F. The summed E-state index contributed by atoms with van der Waals surface area (Å²) in [6.07, 6.45) is 3.24. The summed E-state index contributed by atoms with van der Waals surface area (Å²) in [6, 6.07) is 4.73. The molecule has 1 aliphatic heterocycles. The van der Waals surface area contributed by atoms with Crippen LogP contribution in [0.5, 0.6) is 0 Å². The molecule has 1 N–H and O–H groups in total. The first-order valence-electron chi connectivity index (χ1n) is 9.00. The summed E-state index contributed by atoms with van der Waals surface area (Å²) in [6.45, 7) is 13.2. The molecule has 0 fully saturated rings. The van der Waals surface area contributed by atoms with Crippen molar-refractivity contribution >= 4 is 19.8 Å². The van der Waals surface area contributed by atoms with E-state index < -0.39 is 7.81 Å². The van der Waals surface area contributed by atoms with Gasteiger partial charge in [-0.05, 0) is 44.2 Å². The van der Waals surface area contributed by atoms with E-state index >= 15 is 0 Å². The van der Waals surface area contributed by atoms with Crippen molar-refractivity contribution < 1.29 is 34.9 Å². The topological polar surface area (TPSA) is 26.5 Å². The van der Waals surface area contributed by atoms with Gasteiger partial charge in [0, 0.05) is 0 Å². The van der Waals surface area contributed by atoms with Crippen LogP contribution < -0.4 is 4.90 Å². The van der Waals surface area contributed by atoms with Crippen LogP contribution in [0.15, 0.2) is 12.1 Å². The van der Waals surface area contributed by atoms with Gasteiger partial charge in [0.25, 0.3) is 0 Å². The van der Waals surface area contributed by atoms with Crippen LogP contribution in [0.1, 0.15) is 37.0 Å². The van der Waals surface area contributed by atoms with E-state index in [1.54, 1.807) is 0 Å². The molecule has 28 heavy (non-hydrogen) atoms. The Hall–Kier alpha value is -1.34. The van der Waals surface area contributed by atoms with Crippen molar-refractivity contribution in [1.82, 2.24) is 0 Å². The van der Waals surface area contributed by atoms with Gasteiger partial charge in [-0.1, -0.05) is 31.5 Å². The molecule has 1 heterocycles. The molecule has 0 spiro atoms. The van der Waals surface area contributed by atoms with Crippen molar-refractivity contribution in [2.75, 3.05) is 24.6 Å². The predicted octanol–water partition coefficient (Wildman–Crippen LogP) is 6.26. The number of benzene rings is 1. The predicted molar refractivity (Wildman–Crippen MR) is 103 cm³/mol. The zero-order valence-electron chi connectivity index (χ0n) is 16.8. The van der Waals surface area contributed by atoms with E-state index in [0.29, 0.717) is 5.92 Å². The van der Waals surface area contributed by atoms with Gasteiger partial charge in [0.1, 0.15) is 24.8 Å². The van der Waals surface area contributed by atoms with Crippen LogP contribution in [0.25, 0.3) is 0 Å². The Labute approximate surface area is 161 Å². The van der Waals surface area contributed by atoms with Crippen molar-refractivity contribution in [1.29, 1.82) is 0 Å². The second-order valence-corrected chi connectivity index (χ2v) is 9.63. The average molecular weight is 434 g/mol. The van der Waals surface area contributed by atoms with E-state index in [1.165, 1.54) is 22.4 Å². The molecule has 0 radical (unpaired) electrons. The van der Waals surface area contributed by atoms with Gasteiger partial charge < -0.3 is 5.11 Å². The molecule has 1 aromatic rings. The maximum atomic E-state index is 9.87. The molecule has 0 amide bonds. The van der Waals surface area contributed by atoms with E-state index in [0.717, 1.165) is 19.5 Å². The second kappa shape index (κ2) is 7.82. The molecule has 164 valence electrons. The van der Waals surface area contributed by atoms with Crippen LogP contribution >= 0.6 is 7.81 Å². The summed E-state index contributed by atoms with van der Waals surface area (Å²) in [5.41, 5.74) is 5.30. The molecule has 2 rings (SSSR count). The van der Waals surface area contributed by atoms with Gasteiger partial charge in [-0.2, -0.15) is 0 Å². The Kier molecular flexibility index (Phi) is 6.90. The first-order valence-corrected chi connectivity index (χ1v) is 11.0. The summed E-state index contributed by atoms with van der Waals surface area (Å²) < 4.78 is 61.5. The molecule has 0 unspecified atom stereocenters.